The largest absolute Gasteiger partial charge is 0.307 e. The molecule has 2 heterocycles. The van der Waals surface area contributed by atoms with Crippen LogP contribution in [0.1, 0.15) is 34.5 Å². The Kier molecular flexibility index (Phi) is 2.88. The fourth-order valence-electron chi connectivity index (χ4n) is 2.43. The molecule has 0 radical (unpaired) electrons. The van der Waals surface area contributed by atoms with E-state index < -0.39 is 0 Å². The summed E-state index contributed by atoms with van der Waals surface area (Å²) in [7, 11) is 0. The van der Waals surface area contributed by atoms with Crippen LogP contribution in [0.2, 0.25) is 0 Å². The monoisotopic (exact) mass is 259 g/mol. The average Bonchev–Trinajstić information content (AvgIpc) is 2.86. The van der Waals surface area contributed by atoms with Crippen molar-refractivity contribution in [2.75, 3.05) is 0 Å². The number of fused-ring (bicyclic) bond motifs is 1. The number of rotatable bonds is 2. The minimum absolute atomic E-state index is 0.0188. The van der Waals surface area contributed by atoms with Crippen LogP contribution in [0.25, 0.3) is 0 Å². The Labute approximate surface area is 109 Å². The molecule has 0 saturated heterocycles. The van der Waals surface area contributed by atoms with Crippen LogP contribution in [0.5, 0.6) is 0 Å². The third-order valence-electron chi connectivity index (χ3n) is 3.33. The van der Waals surface area contributed by atoms with Crippen molar-refractivity contribution >= 4 is 17.1 Å². The summed E-state index contributed by atoms with van der Waals surface area (Å²) in [4.78, 5) is 23.8. The number of pyridine rings is 1. The van der Waals surface area contributed by atoms with Crippen LogP contribution < -0.4 is 5.56 Å². The predicted octanol–water partition coefficient (Wildman–Crippen LogP) is 2.48. The predicted molar refractivity (Wildman–Crippen MR) is 71.4 cm³/mol. The summed E-state index contributed by atoms with van der Waals surface area (Å²) in [6.07, 6.45) is 2.27. The Hall–Kier alpha value is -1.68. The minimum atomic E-state index is -0.0188. The van der Waals surface area contributed by atoms with Crippen molar-refractivity contribution in [2.45, 2.75) is 25.8 Å². The van der Waals surface area contributed by atoms with E-state index in [1.807, 2.05) is 16.8 Å². The molecule has 0 saturated carbocycles. The Balaban J connectivity index is 2.10. The molecule has 3 rings (SSSR count). The molecule has 2 aromatic heterocycles. The van der Waals surface area contributed by atoms with Crippen molar-refractivity contribution in [3.05, 3.63) is 56.1 Å². The smallest absolute Gasteiger partial charge is 0.251 e. The Bertz CT molecular complexity index is 640. The maximum atomic E-state index is 12.0. The van der Waals surface area contributed by atoms with Gasteiger partial charge >= 0.3 is 0 Å². The second-order valence-electron chi connectivity index (χ2n) is 4.53. The summed E-state index contributed by atoms with van der Waals surface area (Å²) < 4.78 is 1.74. The molecule has 1 aliphatic rings. The Morgan fingerprint density at radius 1 is 1.17 bits per heavy atom. The van der Waals surface area contributed by atoms with Crippen molar-refractivity contribution < 1.29 is 4.79 Å². The van der Waals surface area contributed by atoms with Gasteiger partial charge < -0.3 is 4.57 Å². The molecule has 0 N–H and O–H groups in total. The zero-order valence-electron chi connectivity index (χ0n) is 9.89. The number of ketones is 1. The highest BCUT2D eigenvalue weighted by molar-refractivity contribution is 7.07. The van der Waals surface area contributed by atoms with E-state index in [0.29, 0.717) is 13.0 Å². The zero-order valence-corrected chi connectivity index (χ0v) is 10.7. The number of hydrogen-bond acceptors (Lipinski definition) is 3. The maximum Gasteiger partial charge on any atom is 0.251 e. The van der Waals surface area contributed by atoms with E-state index in [-0.39, 0.29) is 11.3 Å². The summed E-state index contributed by atoms with van der Waals surface area (Å²) in [5.74, 6) is 0.162. The van der Waals surface area contributed by atoms with Crippen molar-refractivity contribution in [3.63, 3.8) is 0 Å². The topological polar surface area (TPSA) is 39.1 Å². The fraction of sp³-hybridized carbons (Fsp3) is 0.286. The molecule has 2 aromatic rings. The first-order chi connectivity index (χ1) is 8.75. The summed E-state index contributed by atoms with van der Waals surface area (Å²) >= 11 is 1.62. The van der Waals surface area contributed by atoms with Gasteiger partial charge in [0, 0.05) is 23.7 Å². The molecule has 0 aliphatic heterocycles. The van der Waals surface area contributed by atoms with E-state index >= 15 is 0 Å². The maximum absolute atomic E-state index is 12.0. The standard InChI is InChI=1S/C14H13NO2S/c16-13-3-1-2-12-11(13)4-5-14(17)15(12)8-10-6-7-18-9-10/h4-7,9H,1-3,8H2. The van der Waals surface area contributed by atoms with Crippen LogP contribution in [-0.2, 0) is 13.0 Å². The van der Waals surface area contributed by atoms with Crippen molar-refractivity contribution in [1.29, 1.82) is 0 Å². The highest BCUT2D eigenvalue weighted by Crippen LogP contribution is 2.20. The molecule has 1 aliphatic carbocycles. The van der Waals surface area contributed by atoms with Crippen molar-refractivity contribution in [3.8, 4) is 0 Å². The molecule has 4 heteroatoms. The minimum Gasteiger partial charge on any atom is -0.307 e. The van der Waals surface area contributed by atoms with Crippen molar-refractivity contribution in [2.24, 2.45) is 0 Å². The number of nitrogens with zero attached hydrogens (tertiary/aromatic N) is 1. The van der Waals surface area contributed by atoms with Crippen LogP contribution in [0.3, 0.4) is 0 Å². The van der Waals surface area contributed by atoms with Gasteiger partial charge in [0.25, 0.3) is 5.56 Å². The first-order valence-corrected chi connectivity index (χ1v) is 6.97. The first kappa shape index (κ1) is 11.4. The van der Waals surface area contributed by atoms with Crippen LogP contribution in [0.4, 0.5) is 0 Å². The lowest BCUT2D eigenvalue weighted by Crippen LogP contribution is -2.28. The molecule has 92 valence electrons. The van der Waals surface area contributed by atoms with Gasteiger partial charge in [-0.1, -0.05) is 0 Å². The second-order valence-corrected chi connectivity index (χ2v) is 5.31. The fourth-order valence-corrected chi connectivity index (χ4v) is 3.09. The number of aromatic nitrogens is 1. The van der Waals surface area contributed by atoms with Gasteiger partial charge in [-0.3, -0.25) is 9.59 Å². The molecule has 3 nitrogen and oxygen atoms in total. The summed E-state index contributed by atoms with van der Waals surface area (Å²) in [6.45, 7) is 0.568. The van der Waals surface area contributed by atoms with E-state index in [2.05, 4.69) is 0 Å². The number of hydrogen-bond donors (Lipinski definition) is 0. The van der Waals surface area contributed by atoms with Crippen LogP contribution in [0, 0.1) is 0 Å². The van der Waals surface area contributed by atoms with Gasteiger partial charge in [0.2, 0.25) is 0 Å². The van der Waals surface area contributed by atoms with Crippen molar-refractivity contribution in [1.82, 2.24) is 4.57 Å². The second kappa shape index (κ2) is 4.53. The van der Waals surface area contributed by atoms with Crippen LogP contribution in [-0.4, -0.2) is 10.4 Å². The van der Waals surface area contributed by atoms with E-state index in [0.717, 1.165) is 29.7 Å². The van der Waals surface area contributed by atoms with Gasteiger partial charge in [0.05, 0.1) is 6.54 Å². The summed E-state index contributed by atoms with van der Waals surface area (Å²) in [6, 6.07) is 5.21. The molecule has 0 atom stereocenters. The Morgan fingerprint density at radius 2 is 2.06 bits per heavy atom. The molecule has 0 fully saturated rings. The molecule has 0 spiro atoms. The SMILES string of the molecule is O=C1CCCc2c1ccc(=O)n2Cc1ccsc1. The number of thiophene rings is 1. The number of Topliss-reactive ketones (excluding diaryl/α,β-unsaturated/α-hetero) is 1. The van der Waals surface area contributed by atoms with E-state index in [1.54, 1.807) is 22.0 Å². The molecular formula is C14H13NO2S. The molecule has 0 unspecified atom stereocenters. The quantitative estimate of drug-likeness (QED) is 0.831. The molecule has 0 amide bonds. The molecular weight excluding hydrogens is 246 g/mol. The van der Waals surface area contributed by atoms with Gasteiger partial charge in [0.15, 0.2) is 5.78 Å². The average molecular weight is 259 g/mol. The summed E-state index contributed by atoms with van der Waals surface area (Å²) in [5.41, 5.74) is 2.74. The zero-order chi connectivity index (χ0) is 12.5. The van der Waals surface area contributed by atoms with E-state index in [9.17, 15) is 9.59 Å². The van der Waals surface area contributed by atoms with Gasteiger partial charge in [-0.15, -0.1) is 0 Å². The molecule has 0 bridgehead atoms. The molecule has 18 heavy (non-hydrogen) atoms. The first-order valence-electron chi connectivity index (χ1n) is 6.03. The van der Waals surface area contributed by atoms with Crippen LogP contribution in [0.15, 0.2) is 33.8 Å². The Morgan fingerprint density at radius 3 is 2.83 bits per heavy atom. The number of carbonyl (C=O) groups is 1. The number of carbonyl (C=O) groups excluding carboxylic acids is 1. The van der Waals surface area contributed by atoms with E-state index in [1.165, 1.54) is 6.07 Å². The third-order valence-corrected chi connectivity index (χ3v) is 4.07. The normalized spacial score (nSPS) is 14.6. The highest BCUT2D eigenvalue weighted by Gasteiger charge is 2.20. The lowest BCUT2D eigenvalue weighted by molar-refractivity contribution is 0.0970. The third kappa shape index (κ3) is 1.93. The summed E-state index contributed by atoms with van der Waals surface area (Å²) in [5, 5.41) is 4.04. The van der Waals surface area contributed by atoms with Gasteiger partial charge in [-0.05, 0) is 41.3 Å². The van der Waals surface area contributed by atoms with E-state index in [4.69, 9.17) is 0 Å². The molecule has 0 aromatic carbocycles. The lowest BCUT2D eigenvalue weighted by Gasteiger charge is -2.19. The van der Waals surface area contributed by atoms with Gasteiger partial charge in [-0.25, -0.2) is 0 Å². The van der Waals surface area contributed by atoms with Gasteiger partial charge in [-0.2, -0.15) is 11.3 Å². The lowest BCUT2D eigenvalue weighted by atomic mass is 9.94. The van der Waals surface area contributed by atoms with Crippen LogP contribution >= 0.6 is 11.3 Å². The van der Waals surface area contributed by atoms with Gasteiger partial charge in [0.1, 0.15) is 0 Å². The highest BCUT2D eigenvalue weighted by atomic mass is 32.1.